The van der Waals surface area contributed by atoms with Gasteiger partial charge < -0.3 is 15.0 Å². The molecule has 0 radical (unpaired) electrons. The maximum atomic E-state index is 5.94. The summed E-state index contributed by atoms with van der Waals surface area (Å²) in [5.41, 5.74) is 7.28. The standard InChI is InChI=1S/C13H15N3O2/c1-17-9-4-5-10(11(14)7-9)13-15-12(16-18-13)6-8-2-3-8/h4-5,7-8H,2-3,6,14H2,1H3. The number of ether oxygens (including phenoxy) is 1. The number of nitrogens with two attached hydrogens (primary N) is 1. The summed E-state index contributed by atoms with van der Waals surface area (Å²) in [6.07, 6.45) is 3.45. The molecule has 1 aromatic heterocycles. The number of anilines is 1. The highest BCUT2D eigenvalue weighted by Gasteiger charge is 2.24. The van der Waals surface area contributed by atoms with Gasteiger partial charge in [-0.1, -0.05) is 5.16 Å². The van der Waals surface area contributed by atoms with E-state index in [2.05, 4.69) is 10.1 Å². The van der Waals surface area contributed by atoms with Gasteiger partial charge in [-0.05, 0) is 30.9 Å². The second-order valence-corrected chi connectivity index (χ2v) is 4.62. The van der Waals surface area contributed by atoms with E-state index in [1.165, 1.54) is 12.8 Å². The summed E-state index contributed by atoms with van der Waals surface area (Å²) >= 11 is 0. The van der Waals surface area contributed by atoms with E-state index in [1.807, 2.05) is 12.1 Å². The number of aromatic nitrogens is 2. The third-order valence-corrected chi connectivity index (χ3v) is 3.13. The zero-order valence-corrected chi connectivity index (χ0v) is 10.2. The molecule has 0 saturated heterocycles. The van der Waals surface area contributed by atoms with Gasteiger partial charge in [0.2, 0.25) is 0 Å². The lowest BCUT2D eigenvalue weighted by Gasteiger charge is -2.03. The lowest BCUT2D eigenvalue weighted by atomic mass is 10.1. The minimum absolute atomic E-state index is 0.478. The quantitative estimate of drug-likeness (QED) is 0.836. The molecular formula is C13H15N3O2. The van der Waals surface area contributed by atoms with Crippen LogP contribution in [0.15, 0.2) is 22.7 Å². The molecular weight excluding hydrogens is 230 g/mol. The van der Waals surface area contributed by atoms with E-state index in [4.69, 9.17) is 15.0 Å². The van der Waals surface area contributed by atoms with E-state index in [9.17, 15) is 0 Å². The molecule has 0 aliphatic heterocycles. The first-order chi connectivity index (χ1) is 8.76. The first kappa shape index (κ1) is 11.1. The smallest absolute Gasteiger partial charge is 0.260 e. The number of rotatable bonds is 4. The molecule has 94 valence electrons. The second-order valence-electron chi connectivity index (χ2n) is 4.62. The Morgan fingerprint density at radius 3 is 2.94 bits per heavy atom. The largest absolute Gasteiger partial charge is 0.497 e. The summed E-state index contributed by atoms with van der Waals surface area (Å²) in [4.78, 5) is 4.38. The Morgan fingerprint density at radius 1 is 1.44 bits per heavy atom. The van der Waals surface area contributed by atoms with Crippen LogP contribution in [0.25, 0.3) is 11.5 Å². The van der Waals surface area contributed by atoms with Crippen molar-refractivity contribution in [3.63, 3.8) is 0 Å². The summed E-state index contributed by atoms with van der Waals surface area (Å²) in [6.45, 7) is 0. The van der Waals surface area contributed by atoms with Gasteiger partial charge in [0.15, 0.2) is 5.82 Å². The van der Waals surface area contributed by atoms with Crippen LogP contribution in [-0.4, -0.2) is 17.3 Å². The van der Waals surface area contributed by atoms with Crippen LogP contribution in [0, 0.1) is 5.92 Å². The molecule has 0 unspecified atom stereocenters. The third kappa shape index (κ3) is 2.16. The Bertz CT molecular complexity index is 561. The third-order valence-electron chi connectivity index (χ3n) is 3.13. The first-order valence-corrected chi connectivity index (χ1v) is 6.02. The lowest BCUT2D eigenvalue weighted by molar-refractivity contribution is 0.414. The molecule has 2 N–H and O–H groups in total. The minimum Gasteiger partial charge on any atom is -0.497 e. The summed E-state index contributed by atoms with van der Waals surface area (Å²) in [7, 11) is 1.61. The molecule has 5 heteroatoms. The van der Waals surface area contributed by atoms with Crippen molar-refractivity contribution in [2.24, 2.45) is 5.92 Å². The van der Waals surface area contributed by atoms with Gasteiger partial charge in [-0.2, -0.15) is 4.98 Å². The summed E-state index contributed by atoms with van der Waals surface area (Å²) in [6, 6.07) is 5.42. The molecule has 18 heavy (non-hydrogen) atoms. The molecule has 2 aromatic rings. The number of methoxy groups -OCH3 is 1. The van der Waals surface area contributed by atoms with Crippen molar-refractivity contribution in [1.82, 2.24) is 10.1 Å². The Hall–Kier alpha value is -2.04. The molecule has 0 atom stereocenters. The Balaban J connectivity index is 1.86. The number of hydrogen-bond donors (Lipinski definition) is 1. The van der Waals surface area contributed by atoms with Crippen LogP contribution in [0.5, 0.6) is 5.75 Å². The van der Waals surface area contributed by atoms with E-state index in [0.29, 0.717) is 17.3 Å². The fourth-order valence-corrected chi connectivity index (χ4v) is 1.89. The van der Waals surface area contributed by atoms with E-state index >= 15 is 0 Å². The van der Waals surface area contributed by atoms with Crippen molar-refractivity contribution in [1.29, 1.82) is 0 Å². The normalized spacial score (nSPS) is 14.7. The number of nitrogen functional groups attached to an aromatic ring is 1. The van der Waals surface area contributed by atoms with Gasteiger partial charge in [-0.3, -0.25) is 0 Å². The highest BCUT2D eigenvalue weighted by molar-refractivity contribution is 5.71. The molecule has 1 aliphatic rings. The first-order valence-electron chi connectivity index (χ1n) is 6.02. The number of nitrogens with zero attached hydrogens (tertiary/aromatic N) is 2. The van der Waals surface area contributed by atoms with Crippen molar-refractivity contribution in [2.45, 2.75) is 19.3 Å². The molecule has 1 fully saturated rings. The zero-order chi connectivity index (χ0) is 12.5. The molecule has 0 bridgehead atoms. The van der Waals surface area contributed by atoms with E-state index in [1.54, 1.807) is 13.2 Å². The van der Waals surface area contributed by atoms with Crippen molar-refractivity contribution in [3.8, 4) is 17.2 Å². The van der Waals surface area contributed by atoms with E-state index in [-0.39, 0.29) is 0 Å². The van der Waals surface area contributed by atoms with Crippen molar-refractivity contribution >= 4 is 5.69 Å². The number of benzene rings is 1. The highest BCUT2D eigenvalue weighted by Crippen LogP contribution is 2.33. The molecule has 1 heterocycles. The van der Waals surface area contributed by atoms with Crippen LogP contribution in [0.4, 0.5) is 5.69 Å². The molecule has 3 rings (SSSR count). The van der Waals surface area contributed by atoms with E-state index < -0.39 is 0 Å². The van der Waals surface area contributed by atoms with Crippen molar-refractivity contribution in [2.75, 3.05) is 12.8 Å². The average molecular weight is 245 g/mol. The fourth-order valence-electron chi connectivity index (χ4n) is 1.89. The summed E-state index contributed by atoms with van der Waals surface area (Å²) in [5, 5.41) is 3.98. The van der Waals surface area contributed by atoms with Gasteiger partial charge in [-0.15, -0.1) is 0 Å². The predicted octanol–water partition coefficient (Wildman–Crippen LogP) is 2.28. The van der Waals surface area contributed by atoms with E-state index in [0.717, 1.165) is 23.7 Å². The van der Waals surface area contributed by atoms with Crippen LogP contribution >= 0.6 is 0 Å². The molecule has 1 aromatic carbocycles. The monoisotopic (exact) mass is 245 g/mol. The lowest BCUT2D eigenvalue weighted by Crippen LogP contribution is -1.93. The van der Waals surface area contributed by atoms with Gasteiger partial charge >= 0.3 is 0 Å². The van der Waals surface area contributed by atoms with Gasteiger partial charge in [0.25, 0.3) is 5.89 Å². The van der Waals surface area contributed by atoms with Crippen molar-refractivity contribution in [3.05, 3.63) is 24.0 Å². The Kier molecular flexibility index (Phi) is 2.66. The van der Waals surface area contributed by atoms with Crippen LogP contribution in [0.1, 0.15) is 18.7 Å². The second kappa shape index (κ2) is 4.33. The maximum Gasteiger partial charge on any atom is 0.260 e. The van der Waals surface area contributed by atoms with Gasteiger partial charge in [0.1, 0.15) is 5.75 Å². The number of hydrogen-bond acceptors (Lipinski definition) is 5. The molecule has 1 saturated carbocycles. The van der Waals surface area contributed by atoms with Gasteiger partial charge in [0.05, 0.1) is 12.7 Å². The molecule has 0 amide bonds. The molecule has 1 aliphatic carbocycles. The van der Waals surface area contributed by atoms with Crippen LogP contribution in [0.2, 0.25) is 0 Å². The average Bonchev–Trinajstić information content (AvgIpc) is 3.06. The molecule has 0 spiro atoms. The van der Waals surface area contributed by atoms with Crippen molar-refractivity contribution < 1.29 is 9.26 Å². The van der Waals surface area contributed by atoms with Crippen LogP contribution in [0.3, 0.4) is 0 Å². The van der Waals surface area contributed by atoms with Crippen LogP contribution < -0.4 is 10.5 Å². The van der Waals surface area contributed by atoms with Gasteiger partial charge in [-0.25, -0.2) is 0 Å². The highest BCUT2D eigenvalue weighted by atomic mass is 16.5. The Labute approximate surface area is 105 Å². The SMILES string of the molecule is COc1ccc(-c2nc(CC3CC3)no2)c(N)c1. The summed E-state index contributed by atoms with van der Waals surface area (Å²) in [5.74, 6) is 2.70. The minimum atomic E-state index is 0.478. The maximum absolute atomic E-state index is 5.94. The fraction of sp³-hybridized carbons (Fsp3) is 0.385. The zero-order valence-electron chi connectivity index (χ0n) is 10.2. The van der Waals surface area contributed by atoms with Crippen LogP contribution in [-0.2, 0) is 6.42 Å². The Morgan fingerprint density at radius 2 is 2.28 bits per heavy atom. The summed E-state index contributed by atoms with van der Waals surface area (Å²) < 4.78 is 10.4. The molecule has 5 nitrogen and oxygen atoms in total. The van der Waals surface area contributed by atoms with Gasteiger partial charge in [0, 0.05) is 18.2 Å². The predicted molar refractivity (Wildman–Crippen MR) is 67.1 cm³/mol. The topological polar surface area (TPSA) is 74.2 Å².